The van der Waals surface area contributed by atoms with Gasteiger partial charge >= 0.3 is 6.18 Å². The molecular weight excluding hydrogens is 231 g/mol. The second-order valence-corrected chi connectivity index (χ2v) is 3.65. The molecule has 1 aromatic carbocycles. The van der Waals surface area contributed by atoms with Crippen LogP contribution in [-0.2, 0) is 12.6 Å². The number of hydrogen-bond donors (Lipinski definition) is 2. The van der Waals surface area contributed by atoms with Crippen LogP contribution in [0.3, 0.4) is 0 Å². The fraction of sp³-hybridized carbons (Fsp3) is 0.182. The Morgan fingerprint density at radius 1 is 1.24 bits per heavy atom. The smallest absolute Gasteiger partial charge is 0.382 e. The summed E-state index contributed by atoms with van der Waals surface area (Å²) < 4.78 is 38.1. The quantitative estimate of drug-likeness (QED) is 0.849. The molecule has 0 aliphatic carbocycles. The number of rotatable bonds is 2. The molecule has 0 fully saturated rings. The number of anilines is 1. The lowest BCUT2D eigenvalue weighted by Crippen LogP contribution is -2.09. The number of hydrogen-bond acceptors (Lipinski definition) is 2. The first-order chi connectivity index (χ1) is 7.97. The van der Waals surface area contributed by atoms with E-state index < -0.39 is 11.7 Å². The molecule has 0 bridgehead atoms. The molecule has 1 heterocycles. The predicted octanol–water partition coefficient (Wildman–Crippen LogP) is 2.60. The van der Waals surface area contributed by atoms with Gasteiger partial charge in [0.05, 0.1) is 5.56 Å². The summed E-state index contributed by atoms with van der Waals surface area (Å²) in [6, 6.07) is 6.97. The normalized spacial score (nSPS) is 11.7. The largest absolute Gasteiger partial charge is 0.416 e. The van der Waals surface area contributed by atoms with Gasteiger partial charge in [0.15, 0.2) is 0 Å². The van der Waals surface area contributed by atoms with E-state index in [9.17, 15) is 13.2 Å². The second kappa shape index (κ2) is 4.12. The molecule has 90 valence electrons. The predicted molar refractivity (Wildman–Crippen MR) is 57.3 cm³/mol. The minimum Gasteiger partial charge on any atom is -0.382 e. The molecule has 0 saturated heterocycles. The molecule has 0 saturated carbocycles. The lowest BCUT2D eigenvalue weighted by Gasteiger charge is -2.11. The molecule has 2 aromatic rings. The zero-order chi connectivity index (χ0) is 12.5. The molecule has 6 heteroatoms. The number of aromatic amines is 1. The topological polar surface area (TPSA) is 54.7 Å². The van der Waals surface area contributed by atoms with Gasteiger partial charge in [-0.2, -0.15) is 18.3 Å². The molecule has 0 atom stereocenters. The molecule has 17 heavy (non-hydrogen) atoms. The van der Waals surface area contributed by atoms with Gasteiger partial charge in [0.2, 0.25) is 0 Å². The van der Waals surface area contributed by atoms with Gasteiger partial charge in [0.25, 0.3) is 0 Å². The maximum atomic E-state index is 12.7. The van der Waals surface area contributed by atoms with E-state index in [2.05, 4.69) is 10.2 Å². The summed E-state index contributed by atoms with van der Waals surface area (Å²) >= 11 is 0. The lowest BCUT2D eigenvalue weighted by atomic mass is 10.0. The van der Waals surface area contributed by atoms with Crippen LogP contribution in [0.25, 0.3) is 0 Å². The first-order valence-corrected chi connectivity index (χ1v) is 4.91. The van der Waals surface area contributed by atoms with Crippen LogP contribution < -0.4 is 5.73 Å². The number of nitrogen functional groups attached to an aromatic ring is 1. The van der Waals surface area contributed by atoms with Crippen molar-refractivity contribution in [3.8, 4) is 0 Å². The number of halogens is 3. The van der Waals surface area contributed by atoms with Crippen molar-refractivity contribution in [1.29, 1.82) is 0 Å². The van der Waals surface area contributed by atoms with Crippen LogP contribution in [0, 0.1) is 0 Å². The van der Waals surface area contributed by atoms with Gasteiger partial charge < -0.3 is 5.73 Å². The van der Waals surface area contributed by atoms with Gasteiger partial charge in [-0.3, -0.25) is 5.10 Å². The van der Waals surface area contributed by atoms with Crippen molar-refractivity contribution in [2.45, 2.75) is 12.6 Å². The third-order valence-corrected chi connectivity index (χ3v) is 2.35. The number of benzene rings is 1. The average molecular weight is 241 g/mol. The number of nitrogens with one attached hydrogen (secondary N) is 1. The van der Waals surface area contributed by atoms with Gasteiger partial charge in [0, 0.05) is 18.2 Å². The minimum atomic E-state index is -4.35. The minimum absolute atomic E-state index is 0.125. The van der Waals surface area contributed by atoms with Crippen LogP contribution in [0.15, 0.2) is 30.3 Å². The molecule has 2 rings (SSSR count). The Bertz CT molecular complexity index is 517. The van der Waals surface area contributed by atoms with E-state index in [-0.39, 0.29) is 17.8 Å². The van der Waals surface area contributed by atoms with E-state index in [1.165, 1.54) is 18.2 Å². The number of aromatic nitrogens is 2. The molecule has 0 amide bonds. The van der Waals surface area contributed by atoms with Crippen molar-refractivity contribution in [3.63, 3.8) is 0 Å². The fourth-order valence-corrected chi connectivity index (χ4v) is 1.63. The maximum Gasteiger partial charge on any atom is 0.416 e. The van der Waals surface area contributed by atoms with Gasteiger partial charge in [-0.15, -0.1) is 0 Å². The zero-order valence-electron chi connectivity index (χ0n) is 8.75. The molecule has 0 unspecified atom stereocenters. The highest BCUT2D eigenvalue weighted by molar-refractivity contribution is 5.36. The number of H-pyrrole nitrogens is 1. The third-order valence-electron chi connectivity index (χ3n) is 2.35. The van der Waals surface area contributed by atoms with Crippen molar-refractivity contribution in [3.05, 3.63) is 47.2 Å². The van der Waals surface area contributed by atoms with Gasteiger partial charge in [0.1, 0.15) is 5.82 Å². The number of nitrogens with two attached hydrogens (primary N) is 1. The van der Waals surface area contributed by atoms with Crippen LogP contribution in [-0.4, -0.2) is 10.2 Å². The Labute approximate surface area is 95.5 Å². The summed E-state index contributed by atoms with van der Waals surface area (Å²) in [5, 5.41) is 6.27. The third kappa shape index (κ3) is 2.58. The van der Waals surface area contributed by atoms with Crippen molar-refractivity contribution in [2.75, 3.05) is 5.73 Å². The van der Waals surface area contributed by atoms with Crippen molar-refractivity contribution in [2.24, 2.45) is 0 Å². The van der Waals surface area contributed by atoms with E-state index >= 15 is 0 Å². The molecule has 0 radical (unpaired) electrons. The van der Waals surface area contributed by atoms with E-state index in [4.69, 9.17) is 5.73 Å². The summed E-state index contributed by atoms with van der Waals surface area (Å²) in [5.74, 6) is 0.268. The van der Waals surface area contributed by atoms with Crippen molar-refractivity contribution in [1.82, 2.24) is 10.2 Å². The first kappa shape index (κ1) is 11.5. The maximum absolute atomic E-state index is 12.7. The Balaban J connectivity index is 2.33. The average Bonchev–Trinajstić information content (AvgIpc) is 2.63. The zero-order valence-corrected chi connectivity index (χ0v) is 8.75. The van der Waals surface area contributed by atoms with Crippen LogP contribution in [0.4, 0.5) is 19.0 Å². The van der Waals surface area contributed by atoms with E-state index in [1.54, 1.807) is 6.07 Å². The Morgan fingerprint density at radius 2 is 1.94 bits per heavy atom. The standard InChI is InChI=1S/C11H10F3N3/c12-11(13,14)9-4-2-1-3-7(9)5-8-6-10(15)17-16-8/h1-4,6H,5H2,(H3,15,16,17). The highest BCUT2D eigenvalue weighted by Gasteiger charge is 2.32. The summed E-state index contributed by atoms with van der Waals surface area (Å²) in [6.07, 6.45) is -4.22. The lowest BCUT2D eigenvalue weighted by molar-refractivity contribution is -0.138. The molecule has 1 aromatic heterocycles. The van der Waals surface area contributed by atoms with E-state index in [0.29, 0.717) is 5.69 Å². The number of nitrogens with zero attached hydrogens (tertiary/aromatic N) is 1. The highest BCUT2D eigenvalue weighted by Crippen LogP contribution is 2.32. The second-order valence-electron chi connectivity index (χ2n) is 3.65. The Morgan fingerprint density at radius 3 is 2.53 bits per heavy atom. The Kier molecular flexibility index (Phi) is 2.79. The highest BCUT2D eigenvalue weighted by atomic mass is 19.4. The Hall–Kier alpha value is -1.98. The van der Waals surface area contributed by atoms with Gasteiger partial charge in [-0.05, 0) is 11.6 Å². The van der Waals surface area contributed by atoms with Crippen LogP contribution in [0.1, 0.15) is 16.8 Å². The van der Waals surface area contributed by atoms with Crippen molar-refractivity contribution >= 4 is 5.82 Å². The van der Waals surface area contributed by atoms with E-state index in [1.807, 2.05) is 0 Å². The van der Waals surface area contributed by atoms with Crippen LogP contribution >= 0.6 is 0 Å². The molecule has 0 aliphatic rings. The fourth-order valence-electron chi connectivity index (χ4n) is 1.63. The van der Waals surface area contributed by atoms with Gasteiger partial charge in [-0.1, -0.05) is 18.2 Å². The van der Waals surface area contributed by atoms with E-state index in [0.717, 1.165) is 6.07 Å². The van der Waals surface area contributed by atoms with Gasteiger partial charge in [-0.25, -0.2) is 0 Å². The van der Waals surface area contributed by atoms with Crippen LogP contribution in [0.2, 0.25) is 0 Å². The molecule has 0 aliphatic heterocycles. The molecule has 3 nitrogen and oxygen atoms in total. The van der Waals surface area contributed by atoms with Crippen molar-refractivity contribution < 1.29 is 13.2 Å². The summed E-state index contributed by atoms with van der Waals surface area (Å²) in [4.78, 5) is 0. The molecular formula is C11H10F3N3. The summed E-state index contributed by atoms with van der Waals surface area (Å²) in [7, 11) is 0. The molecule has 0 spiro atoms. The SMILES string of the molecule is Nc1cc(Cc2ccccc2C(F)(F)F)[nH]n1. The monoisotopic (exact) mass is 241 g/mol. The number of alkyl halides is 3. The summed E-state index contributed by atoms with van der Waals surface area (Å²) in [5.41, 5.74) is 5.51. The van der Waals surface area contributed by atoms with Crippen LogP contribution in [0.5, 0.6) is 0 Å². The first-order valence-electron chi connectivity index (χ1n) is 4.91. The summed E-state index contributed by atoms with van der Waals surface area (Å²) in [6.45, 7) is 0. The molecule has 3 N–H and O–H groups in total.